The quantitative estimate of drug-likeness (QED) is 0.385. The van der Waals surface area contributed by atoms with Crippen LogP contribution in [-0.4, -0.2) is 19.6 Å². The van der Waals surface area contributed by atoms with Crippen LogP contribution in [0.3, 0.4) is 0 Å². The molecule has 0 aliphatic rings. The number of aromatic nitrogens is 2. The van der Waals surface area contributed by atoms with Crippen molar-refractivity contribution in [2.75, 3.05) is 0 Å². The molecule has 0 spiro atoms. The Bertz CT molecular complexity index is 969. The molecular weight excluding hydrogens is 323 g/mol. The topological polar surface area (TPSA) is 16.8 Å². The van der Waals surface area contributed by atoms with Crippen molar-refractivity contribution in [3.8, 4) is 11.3 Å². The van der Waals surface area contributed by atoms with E-state index in [2.05, 4.69) is 59.4 Å². The Balaban J connectivity index is 2.16. The van der Waals surface area contributed by atoms with Crippen LogP contribution >= 0.6 is 0 Å². The second-order valence-corrected chi connectivity index (χ2v) is 7.32. The van der Waals surface area contributed by atoms with E-state index in [0.717, 1.165) is 0 Å². The average Bonchev–Trinajstić information content (AvgIpc) is 2.94. The molecule has 0 aliphatic carbocycles. The van der Waals surface area contributed by atoms with Crippen molar-refractivity contribution in [2.24, 2.45) is 7.05 Å². The van der Waals surface area contributed by atoms with Gasteiger partial charge in [-0.3, -0.25) is 0 Å². The summed E-state index contributed by atoms with van der Waals surface area (Å²) < 4.78 is 3.45. The molecule has 3 heteroatoms. The number of hydrogen-bond donors (Lipinski definition) is 0. The van der Waals surface area contributed by atoms with Gasteiger partial charge in [-0.15, -0.1) is 0 Å². The molecule has 0 saturated heterocycles. The average molecular weight is 338 g/mol. The van der Waals surface area contributed by atoms with Gasteiger partial charge in [-0.05, 0) is 0 Å². The maximum atomic E-state index is 4.55. The van der Waals surface area contributed by atoms with Crippen molar-refractivity contribution in [3.05, 3.63) is 59.2 Å². The maximum absolute atomic E-state index is 4.55. The zero-order chi connectivity index (χ0) is 14.4. The van der Waals surface area contributed by atoms with Gasteiger partial charge in [0.1, 0.15) is 0 Å². The van der Waals surface area contributed by atoms with Gasteiger partial charge in [-0.1, -0.05) is 0 Å². The van der Waals surface area contributed by atoms with Gasteiger partial charge in [0.15, 0.2) is 0 Å². The molecule has 0 unspecified atom stereocenters. The molecular formula is C18H15N2Se+. The van der Waals surface area contributed by atoms with E-state index in [4.69, 9.17) is 0 Å². The van der Waals surface area contributed by atoms with E-state index < -0.39 is 0 Å². The Kier molecular flexibility index (Phi) is 2.91. The Labute approximate surface area is 129 Å². The zero-order valence-corrected chi connectivity index (χ0v) is 13.7. The first-order valence-electron chi connectivity index (χ1n) is 6.96. The molecule has 0 N–H and O–H groups in total. The summed E-state index contributed by atoms with van der Waals surface area (Å²) >= 11 is 0.477. The Hall–Kier alpha value is -1.96. The van der Waals surface area contributed by atoms with Crippen molar-refractivity contribution in [2.45, 2.75) is 6.92 Å². The van der Waals surface area contributed by atoms with Crippen LogP contribution in [0.1, 0.15) is 5.56 Å². The van der Waals surface area contributed by atoms with E-state index in [0.29, 0.717) is 14.5 Å². The number of fused-ring (bicyclic) bond motifs is 2. The molecule has 0 atom stereocenters. The molecule has 4 rings (SSSR count). The molecule has 2 nitrogen and oxygen atoms in total. The number of aryl methyl sites for hydroxylation is 2. The van der Waals surface area contributed by atoms with Gasteiger partial charge in [0, 0.05) is 0 Å². The fourth-order valence-electron chi connectivity index (χ4n) is 2.88. The summed E-state index contributed by atoms with van der Waals surface area (Å²) in [6.07, 6.45) is 1.98. The molecule has 102 valence electrons. The second kappa shape index (κ2) is 4.80. The summed E-state index contributed by atoms with van der Waals surface area (Å²) in [5.74, 6) is 0. The van der Waals surface area contributed by atoms with E-state index in [9.17, 15) is 0 Å². The normalized spacial score (nSPS) is 11.3. The van der Waals surface area contributed by atoms with Crippen LogP contribution in [-0.2, 0) is 7.05 Å². The molecule has 0 aliphatic heterocycles. The minimum absolute atomic E-state index is 0.477. The predicted molar refractivity (Wildman–Crippen MR) is 87.5 cm³/mol. The summed E-state index contributed by atoms with van der Waals surface area (Å²) in [6.45, 7) is 2.16. The standard InChI is InChI=1S/C18H15N2Se/c1-12-5-3-4-6-15(12)18-16-9-13-7-8-21-17(13)10-14(16)11-19-20(18)2/h3-11H,1-2H3/q+1. The van der Waals surface area contributed by atoms with Gasteiger partial charge in [0.2, 0.25) is 0 Å². The molecule has 0 radical (unpaired) electrons. The van der Waals surface area contributed by atoms with Gasteiger partial charge < -0.3 is 0 Å². The van der Waals surface area contributed by atoms with Crippen LogP contribution in [0.25, 0.3) is 31.7 Å². The molecule has 2 aromatic carbocycles. The zero-order valence-electron chi connectivity index (χ0n) is 12.0. The van der Waals surface area contributed by atoms with E-state index in [1.807, 2.05) is 17.9 Å². The molecule has 0 saturated carbocycles. The van der Waals surface area contributed by atoms with E-state index >= 15 is 0 Å². The van der Waals surface area contributed by atoms with Crippen LogP contribution in [0.4, 0.5) is 0 Å². The third-order valence-electron chi connectivity index (χ3n) is 3.97. The van der Waals surface area contributed by atoms with Crippen molar-refractivity contribution >= 4 is 34.9 Å². The van der Waals surface area contributed by atoms with Crippen LogP contribution < -0.4 is 4.68 Å². The third-order valence-corrected chi connectivity index (χ3v) is 5.82. The summed E-state index contributed by atoms with van der Waals surface area (Å²) in [5.41, 5.74) is 3.73. The Morgan fingerprint density at radius 1 is 1.05 bits per heavy atom. The Morgan fingerprint density at radius 3 is 2.76 bits per heavy atom. The number of nitrogens with zero attached hydrogens (tertiary/aromatic N) is 2. The Morgan fingerprint density at radius 2 is 1.90 bits per heavy atom. The van der Waals surface area contributed by atoms with Crippen molar-refractivity contribution in [3.63, 3.8) is 0 Å². The van der Waals surface area contributed by atoms with Gasteiger partial charge in [-0.25, -0.2) is 0 Å². The summed E-state index contributed by atoms with van der Waals surface area (Å²) in [4.78, 5) is 2.29. The summed E-state index contributed by atoms with van der Waals surface area (Å²) in [5, 5.41) is 8.43. The first-order valence-corrected chi connectivity index (χ1v) is 8.81. The van der Waals surface area contributed by atoms with E-state index in [1.54, 1.807) is 0 Å². The van der Waals surface area contributed by atoms with Crippen LogP contribution in [0.15, 0.2) is 53.6 Å². The van der Waals surface area contributed by atoms with Crippen LogP contribution in [0.2, 0.25) is 0 Å². The molecule has 21 heavy (non-hydrogen) atoms. The van der Waals surface area contributed by atoms with Crippen LogP contribution in [0.5, 0.6) is 0 Å². The van der Waals surface area contributed by atoms with E-state index in [-0.39, 0.29) is 0 Å². The monoisotopic (exact) mass is 339 g/mol. The second-order valence-electron chi connectivity index (χ2n) is 5.33. The van der Waals surface area contributed by atoms with Gasteiger partial charge in [0.25, 0.3) is 0 Å². The van der Waals surface area contributed by atoms with Crippen molar-refractivity contribution in [1.82, 2.24) is 5.10 Å². The van der Waals surface area contributed by atoms with Gasteiger partial charge in [-0.2, -0.15) is 0 Å². The van der Waals surface area contributed by atoms with Crippen LogP contribution in [0, 0.1) is 6.92 Å². The number of benzene rings is 2. The first-order chi connectivity index (χ1) is 10.2. The van der Waals surface area contributed by atoms with Crippen molar-refractivity contribution < 1.29 is 4.68 Å². The van der Waals surface area contributed by atoms with Gasteiger partial charge >= 0.3 is 129 Å². The molecule has 2 aromatic heterocycles. The fraction of sp³-hybridized carbons (Fsp3) is 0.111. The minimum atomic E-state index is 0.477. The van der Waals surface area contributed by atoms with Crippen molar-refractivity contribution in [1.29, 1.82) is 0 Å². The fourth-order valence-corrected chi connectivity index (χ4v) is 4.59. The number of rotatable bonds is 1. The van der Waals surface area contributed by atoms with Gasteiger partial charge in [0.05, 0.1) is 0 Å². The van der Waals surface area contributed by atoms with E-state index in [1.165, 1.54) is 37.2 Å². The first kappa shape index (κ1) is 12.8. The SMILES string of the molecule is Cc1ccccc1-c1c2cc3cc[se]c3cc2cn[n+]1C. The molecule has 0 fully saturated rings. The predicted octanol–water partition coefficient (Wildman–Crippen LogP) is 3.24. The molecule has 4 aromatic rings. The molecule has 0 bridgehead atoms. The summed E-state index contributed by atoms with van der Waals surface area (Å²) in [6, 6.07) is 15.4. The summed E-state index contributed by atoms with van der Waals surface area (Å²) in [7, 11) is 2.02. The number of hydrogen-bond acceptors (Lipinski definition) is 1. The molecule has 2 heterocycles. The third kappa shape index (κ3) is 2.01. The molecule has 0 amide bonds.